The van der Waals surface area contributed by atoms with Crippen LogP contribution in [0, 0.1) is 18.3 Å². The molecule has 1 N–H and O–H groups in total. The van der Waals surface area contributed by atoms with Crippen molar-refractivity contribution in [1.82, 2.24) is 9.55 Å². The van der Waals surface area contributed by atoms with Crippen LogP contribution in [-0.4, -0.2) is 20.6 Å². The van der Waals surface area contributed by atoms with Crippen molar-refractivity contribution in [3.8, 4) is 17.2 Å². The summed E-state index contributed by atoms with van der Waals surface area (Å²) in [6.45, 7) is 1.73. The van der Waals surface area contributed by atoms with Crippen molar-refractivity contribution < 1.29 is 23.1 Å². The van der Waals surface area contributed by atoms with Crippen molar-refractivity contribution in [3.05, 3.63) is 98.1 Å². The quantitative estimate of drug-likeness (QED) is 0.321. The van der Waals surface area contributed by atoms with Crippen LogP contribution in [0.15, 0.2) is 59.4 Å². The van der Waals surface area contributed by atoms with Crippen LogP contribution in [0.2, 0.25) is 5.02 Å². The third-order valence-electron chi connectivity index (χ3n) is 6.02. The molecule has 0 bridgehead atoms. The topological polar surface area (TPSA) is 96.0 Å². The van der Waals surface area contributed by atoms with Crippen LogP contribution < -0.4 is 5.56 Å². The van der Waals surface area contributed by atoms with E-state index in [2.05, 4.69) is 4.98 Å². The summed E-state index contributed by atoms with van der Waals surface area (Å²) in [5, 5.41) is 19.1. The Labute approximate surface area is 214 Å². The Morgan fingerprint density at radius 2 is 1.92 bits per heavy atom. The first-order valence-electron chi connectivity index (χ1n) is 11.1. The van der Waals surface area contributed by atoms with E-state index < -0.39 is 23.3 Å². The summed E-state index contributed by atoms with van der Waals surface area (Å²) in [4.78, 5) is 28.8. The summed E-state index contributed by atoms with van der Waals surface area (Å²) in [5.74, 6) is -0.825. The third-order valence-corrected chi connectivity index (χ3v) is 6.25. The first-order chi connectivity index (χ1) is 17.5. The standard InChI is InChI=1S/C27H19ClF3N3O3/c1-15-33-23-12-20(27(29,30)31)11-19(14-32)24(23)25(35)34(15)9-3-6-16-7-8-21(28)13-22(16)17-4-2-5-18(10-17)26(36)37/h2,4-5,7-8,10-13H,3,6,9H2,1H3,(H,36,37). The maximum absolute atomic E-state index is 13.2. The van der Waals surface area contributed by atoms with Gasteiger partial charge in [0.05, 0.1) is 27.6 Å². The molecule has 0 aliphatic heterocycles. The largest absolute Gasteiger partial charge is 0.478 e. The van der Waals surface area contributed by atoms with E-state index in [1.54, 1.807) is 36.4 Å². The molecular formula is C27H19ClF3N3O3. The average Bonchev–Trinajstić information content (AvgIpc) is 2.85. The molecule has 4 aromatic rings. The van der Waals surface area contributed by atoms with Gasteiger partial charge in [0.25, 0.3) is 5.56 Å². The summed E-state index contributed by atoms with van der Waals surface area (Å²) >= 11 is 6.20. The van der Waals surface area contributed by atoms with Crippen LogP contribution >= 0.6 is 11.6 Å². The summed E-state index contributed by atoms with van der Waals surface area (Å²) in [7, 11) is 0. The number of carboxylic acid groups (broad SMARTS) is 1. The number of aryl methyl sites for hydroxylation is 2. The molecule has 0 unspecified atom stereocenters. The molecule has 6 nitrogen and oxygen atoms in total. The number of hydrogen-bond acceptors (Lipinski definition) is 4. The third kappa shape index (κ3) is 5.34. The lowest BCUT2D eigenvalue weighted by atomic mass is 9.95. The second-order valence-electron chi connectivity index (χ2n) is 8.43. The van der Waals surface area contributed by atoms with E-state index in [1.807, 2.05) is 6.07 Å². The number of aromatic nitrogens is 2. The number of rotatable bonds is 6. The Hall–Kier alpha value is -4.16. The highest BCUT2D eigenvalue weighted by molar-refractivity contribution is 6.30. The SMILES string of the molecule is Cc1nc2cc(C(F)(F)F)cc(C#N)c2c(=O)n1CCCc1ccc(Cl)cc1-c1cccc(C(=O)O)c1. The van der Waals surface area contributed by atoms with E-state index in [0.29, 0.717) is 29.5 Å². The van der Waals surface area contributed by atoms with Gasteiger partial charge in [-0.05, 0) is 72.9 Å². The van der Waals surface area contributed by atoms with Gasteiger partial charge in [-0.2, -0.15) is 18.4 Å². The number of carbonyl (C=O) groups is 1. The second kappa shape index (κ2) is 10.1. The van der Waals surface area contributed by atoms with Crippen LogP contribution in [-0.2, 0) is 19.1 Å². The van der Waals surface area contributed by atoms with E-state index in [4.69, 9.17) is 11.6 Å². The number of aromatic carboxylic acids is 1. The fourth-order valence-corrected chi connectivity index (χ4v) is 4.43. The zero-order valence-electron chi connectivity index (χ0n) is 19.4. The van der Waals surface area contributed by atoms with E-state index in [0.717, 1.165) is 17.2 Å². The summed E-state index contributed by atoms with van der Waals surface area (Å²) < 4.78 is 41.0. The molecule has 37 heavy (non-hydrogen) atoms. The van der Waals surface area contributed by atoms with E-state index >= 15 is 0 Å². The lowest BCUT2D eigenvalue weighted by Crippen LogP contribution is -2.25. The van der Waals surface area contributed by atoms with Gasteiger partial charge in [0.1, 0.15) is 11.9 Å². The molecule has 0 amide bonds. The Balaban J connectivity index is 1.66. The molecule has 0 saturated carbocycles. The normalized spacial score (nSPS) is 11.5. The monoisotopic (exact) mass is 525 g/mol. The maximum Gasteiger partial charge on any atom is 0.416 e. The molecule has 1 aromatic heterocycles. The number of hydrogen-bond donors (Lipinski definition) is 1. The molecule has 1 heterocycles. The minimum atomic E-state index is -4.68. The molecule has 0 saturated heterocycles. The van der Waals surface area contributed by atoms with E-state index in [9.17, 15) is 33.1 Å². The molecule has 0 atom stereocenters. The fourth-order valence-electron chi connectivity index (χ4n) is 4.25. The first-order valence-corrected chi connectivity index (χ1v) is 11.5. The van der Waals surface area contributed by atoms with Gasteiger partial charge in [0, 0.05) is 11.6 Å². The number of nitriles is 1. The minimum absolute atomic E-state index is 0.134. The Kier molecular flexibility index (Phi) is 7.05. The number of alkyl halides is 3. The van der Waals surface area contributed by atoms with Crippen molar-refractivity contribution in [2.45, 2.75) is 32.5 Å². The predicted molar refractivity (Wildman–Crippen MR) is 133 cm³/mol. The van der Waals surface area contributed by atoms with E-state index in [1.165, 1.54) is 17.6 Å². The highest BCUT2D eigenvalue weighted by Crippen LogP contribution is 2.32. The van der Waals surface area contributed by atoms with Crippen molar-refractivity contribution in [2.75, 3.05) is 0 Å². The van der Waals surface area contributed by atoms with Crippen LogP contribution in [0.1, 0.15) is 39.3 Å². The Morgan fingerprint density at radius 1 is 1.16 bits per heavy atom. The molecular weight excluding hydrogens is 507 g/mol. The van der Waals surface area contributed by atoms with Crippen LogP contribution in [0.5, 0.6) is 0 Å². The van der Waals surface area contributed by atoms with Crippen molar-refractivity contribution in [1.29, 1.82) is 5.26 Å². The molecule has 3 aromatic carbocycles. The zero-order valence-corrected chi connectivity index (χ0v) is 20.2. The first kappa shape index (κ1) is 25.9. The molecule has 0 spiro atoms. The molecule has 10 heteroatoms. The lowest BCUT2D eigenvalue weighted by Gasteiger charge is -2.15. The van der Waals surface area contributed by atoms with Crippen LogP contribution in [0.25, 0.3) is 22.0 Å². The number of carboxylic acids is 1. The van der Waals surface area contributed by atoms with Gasteiger partial charge in [-0.25, -0.2) is 9.78 Å². The predicted octanol–water partition coefficient (Wildman–Crippen LogP) is 6.25. The highest BCUT2D eigenvalue weighted by Gasteiger charge is 2.32. The average molecular weight is 526 g/mol. The minimum Gasteiger partial charge on any atom is -0.478 e. The van der Waals surface area contributed by atoms with Crippen LogP contribution in [0.3, 0.4) is 0 Å². The molecule has 188 valence electrons. The zero-order chi connectivity index (χ0) is 26.9. The Morgan fingerprint density at radius 3 is 2.59 bits per heavy atom. The highest BCUT2D eigenvalue weighted by atomic mass is 35.5. The smallest absolute Gasteiger partial charge is 0.416 e. The lowest BCUT2D eigenvalue weighted by molar-refractivity contribution is -0.137. The van der Waals surface area contributed by atoms with Gasteiger partial charge < -0.3 is 5.11 Å². The van der Waals surface area contributed by atoms with Crippen molar-refractivity contribution >= 4 is 28.5 Å². The van der Waals surface area contributed by atoms with Gasteiger partial charge in [-0.15, -0.1) is 0 Å². The van der Waals surface area contributed by atoms with Gasteiger partial charge >= 0.3 is 12.1 Å². The molecule has 0 aliphatic rings. The number of benzene rings is 3. The summed E-state index contributed by atoms with van der Waals surface area (Å²) in [6.07, 6.45) is -3.72. The Bertz CT molecular complexity index is 1640. The maximum atomic E-state index is 13.2. The van der Waals surface area contributed by atoms with Crippen molar-refractivity contribution in [2.24, 2.45) is 0 Å². The van der Waals surface area contributed by atoms with Crippen LogP contribution in [0.4, 0.5) is 13.2 Å². The molecule has 0 fully saturated rings. The molecule has 4 rings (SSSR count). The van der Waals surface area contributed by atoms with Gasteiger partial charge in [-0.3, -0.25) is 9.36 Å². The second-order valence-corrected chi connectivity index (χ2v) is 8.87. The number of fused-ring (bicyclic) bond motifs is 1. The van der Waals surface area contributed by atoms with E-state index in [-0.39, 0.29) is 34.4 Å². The summed E-state index contributed by atoms with van der Waals surface area (Å²) in [6, 6.07) is 14.9. The molecule has 0 aliphatic carbocycles. The summed E-state index contributed by atoms with van der Waals surface area (Å²) in [5.41, 5.74) is 0.257. The van der Waals surface area contributed by atoms with Gasteiger partial charge in [0.2, 0.25) is 0 Å². The van der Waals surface area contributed by atoms with Crippen molar-refractivity contribution in [3.63, 3.8) is 0 Å². The number of nitrogens with zero attached hydrogens (tertiary/aromatic N) is 3. The number of halogens is 4. The van der Waals surface area contributed by atoms with Gasteiger partial charge in [0.15, 0.2) is 0 Å². The fraction of sp³-hybridized carbons (Fsp3) is 0.185. The molecule has 0 radical (unpaired) electrons. The van der Waals surface area contributed by atoms with Gasteiger partial charge in [-0.1, -0.05) is 29.8 Å².